The van der Waals surface area contributed by atoms with Crippen molar-refractivity contribution in [2.75, 3.05) is 24.5 Å². The van der Waals surface area contributed by atoms with E-state index in [9.17, 15) is 9.59 Å². The Labute approximate surface area is 165 Å². The average Bonchev–Trinajstić information content (AvgIpc) is 3.01. The highest BCUT2D eigenvalue weighted by molar-refractivity contribution is 5.89. The van der Waals surface area contributed by atoms with Crippen molar-refractivity contribution in [3.63, 3.8) is 0 Å². The van der Waals surface area contributed by atoms with Crippen LogP contribution in [-0.2, 0) is 14.3 Å². The molecule has 2 saturated heterocycles. The number of cyclic esters (lactones) is 1. The first kappa shape index (κ1) is 20.2. The highest BCUT2D eigenvalue weighted by Crippen LogP contribution is 2.25. The van der Waals surface area contributed by atoms with Crippen molar-refractivity contribution < 1.29 is 19.1 Å². The molecular formula is C21H27N3O4. The molecule has 1 amide bonds. The van der Waals surface area contributed by atoms with Gasteiger partial charge in [0.15, 0.2) is 0 Å². The fourth-order valence-electron chi connectivity index (χ4n) is 3.65. The van der Waals surface area contributed by atoms with Crippen LogP contribution in [-0.4, -0.2) is 54.3 Å². The van der Waals surface area contributed by atoms with Crippen molar-refractivity contribution >= 4 is 17.7 Å². The van der Waals surface area contributed by atoms with E-state index in [2.05, 4.69) is 11.0 Å². The molecule has 28 heavy (non-hydrogen) atoms. The Kier molecular flexibility index (Phi) is 5.90. The fraction of sp³-hybridized carbons (Fsp3) is 0.571. The number of piperidine rings is 1. The first-order valence-corrected chi connectivity index (χ1v) is 9.72. The Morgan fingerprint density at radius 3 is 2.64 bits per heavy atom. The zero-order valence-corrected chi connectivity index (χ0v) is 16.7. The lowest BCUT2D eigenvalue weighted by Gasteiger charge is -2.36. The number of benzene rings is 1. The number of nitrogens with zero attached hydrogens (tertiary/aromatic N) is 3. The predicted octanol–water partition coefficient (Wildman–Crippen LogP) is 3.08. The lowest BCUT2D eigenvalue weighted by Crippen LogP contribution is -2.50. The maximum absolute atomic E-state index is 12.6. The van der Waals surface area contributed by atoms with E-state index in [0.29, 0.717) is 24.3 Å². The van der Waals surface area contributed by atoms with Gasteiger partial charge in [-0.25, -0.2) is 4.79 Å². The van der Waals surface area contributed by atoms with Crippen molar-refractivity contribution in [3.05, 3.63) is 29.8 Å². The third kappa shape index (κ3) is 4.82. The Balaban J connectivity index is 1.64. The van der Waals surface area contributed by atoms with Crippen LogP contribution in [0.15, 0.2) is 24.3 Å². The van der Waals surface area contributed by atoms with Crippen LogP contribution in [0.4, 0.5) is 10.5 Å². The van der Waals surface area contributed by atoms with E-state index in [0.717, 1.165) is 25.8 Å². The smallest absolute Gasteiger partial charge is 0.414 e. The van der Waals surface area contributed by atoms with Gasteiger partial charge in [0, 0.05) is 12.2 Å². The molecule has 0 spiro atoms. The number of nitriles is 1. The minimum atomic E-state index is -0.521. The second-order valence-electron chi connectivity index (χ2n) is 8.32. The molecule has 7 nitrogen and oxygen atoms in total. The summed E-state index contributed by atoms with van der Waals surface area (Å²) in [6.45, 7) is 7.31. The molecular weight excluding hydrogens is 358 g/mol. The van der Waals surface area contributed by atoms with Gasteiger partial charge < -0.3 is 9.47 Å². The van der Waals surface area contributed by atoms with E-state index in [1.165, 1.54) is 0 Å². The van der Waals surface area contributed by atoms with Gasteiger partial charge in [-0.1, -0.05) is 6.42 Å². The predicted molar refractivity (Wildman–Crippen MR) is 104 cm³/mol. The summed E-state index contributed by atoms with van der Waals surface area (Å²) in [5.74, 6) is -0.208. The van der Waals surface area contributed by atoms with Gasteiger partial charge in [-0.3, -0.25) is 14.6 Å². The third-order valence-corrected chi connectivity index (χ3v) is 4.91. The molecule has 0 aromatic heterocycles. The normalized spacial score (nSPS) is 23.2. The molecule has 0 radical (unpaired) electrons. The van der Waals surface area contributed by atoms with Crippen molar-refractivity contribution in [1.29, 1.82) is 5.26 Å². The third-order valence-electron chi connectivity index (χ3n) is 4.91. The Hall–Kier alpha value is -2.59. The number of hydrogen-bond acceptors (Lipinski definition) is 6. The van der Waals surface area contributed by atoms with Gasteiger partial charge in [-0.2, -0.15) is 5.26 Å². The molecule has 1 aromatic rings. The second-order valence-corrected chi connectivity index (χ2v) is 8.32. The Morgan fingerprint density at radius 2 is 2.00 bits per heavy atom. The van der Waals surface area contributed by atoms with Crippen LogP contribution >= 0.6 is 0 Å². The summed E-state index contributed by atoms with van der Waals surface area (Å²) in [6, 6.07) is 8.61. The molecule has 2 aliphatic rings. The summed E-state index contributed by atoms with van der Waals surface area (Å²) in [6.07, 6.45) is 2.04. The van der Waals surface area contributed by atoms with E-state index < -0.39 is 11.7 Å². The van der Waals surface area contributed by atoms with Crippen LogP contribution in [0.3, 0.4) is 0 Å². The number of amides is 1. The van der Waals surface area contributed by atoms with Crippen LogP contribution in [0.5, 0.6) is 0 Å². The SMILES string of the molecule is CC(C)(C)OC(=O)C1CCCCN1CC1CN(c2ccc(C#N)cc2)C(=O)O1. The maximum Gasteiger partial charge on any atom is 0.414 e. The molecule has 0 aliphatic carbocycles. The molecule has 2 unspecified atom stereocenters. The van der Waals surface area contributed by atoms with Gasteiger partial charge in [0.1, 0.15) is 17.7 Å². The Morgan fingerprint density at radius 1 is 1.29 bits per heavy atom. The van der Waals surface area contributed by atoms with Crippen LogP contribution in [0.2, 0.25) is 0 Å². The number of hydrogen-bond donors (Lipinski definition) is 0. The molecule has 2 fully saturated rings. The number of likely N-dealkylation sites (tertiary alicyclic amines) is 1. The number of anilines is 1. The van der Waals surface area contributed by atoms with E-state index in [4.69, 9.17) is 14.7 Å². The molecule has 1 aromatic carbocycles. The zero-order valence-electron chi connectivity index (χ0n) is 16.7. The molecule has 3 rings (SSSR count). The first-order valence-electron chi connectivity index (χ1n) is 9.72. The minimum Gasteiger partial charge on any atom is -0.459 e. The van der Waals surface area contributed by atoms with E-state index in [1.807, 2.05) is 20.8 Å². The summed E-state index contributed by atoms with van der Waals surface area (Å²) >= 11 is 0. The first-order chi connectivity index (χ1) is 13.3. The van der Waals surface area contributed by atoms with Crippen molar-refractivity contribution in [2.24, 2.45) is 0 Å². The number of rotatable bonds is 4. The van der Waals surface area contributed by atoms with Crippen LogP contribution < -0.4 is 4.90 Å². The van der Waals surface area contributed by atoms with E-state index in [-0.39, 0.29) is 18.1 Å². The van der Waals surface area contributed by atoms with E-state index in [1.54, 1.807) is 29.2 Å². The molecule has 7 heteroatoms. The molecule has 0 N–H and O–H groups in total. The minimum absolute atomic E-state index is 0.208. The van der Waals surface area contributed by atoms with Crippen molar-refractivity contribution in [1.82, 2.24) is 4.90 Å². The molecule has 2 atom stereocenters. The van der Waals surface area contributed by atoms with Crippen LogP contribution in [0.1, 0.15) is 45.6 Å². The zero-order chi connectivity index (χ0) is 20.3. The largest absolute Gasteiger partial charge is 0.459 e. The van der Waals surface area contributed by atoms with Crippen molar-refractivity contribution in [2.45, 2.75) is 57.8 Å². The number of esters is 1. The molecule has 2 heterocycles. The summed E-state index contributed by atoms with van der Waals surface area (Å²) in [5, 5.41) is 8.91. The van der Waals surface area contributed by atoms with Gasteiger partial charge >= 0.3 is 12.1 Å². The van der Waals surface area contributed by atoms with Crippen molar-refractivity contribution in [3.8, 4) is 6.07 Å². The topological polar surface area (TPSA) is 82.9 Å². The lowest BCUT2D eigenvalue weighted by atomic mass is 10.0. The molecule has 0 bridgehead atoms. The summed E-state index contributed by atoms with van der Waals surface area (Å²) in [7, 11) is 0. The summed E-state index contributed by atoms with van der Waals surface area (Å²) in [5.41, 5.74) is 0.724. The molecule has 2 aliphatic heterocycles. The quantitative estimate of drug-likeness (QED) is 0.741. The highest BCUT2D eigenvalue weighted by Gasteiger charge is 2.38. The maximum atomic E-state index is 12.6. The highest BCUT2D eigenvalue weighted by atomic mass is 16.6. The van der Waals surface area contributed by atoms with Crippen LogP contribution in [0.25, 0.3) is 0 Å². The molecule has 0 saturated carbocycles. The Bertz CT molecular complexity index is 763. The molecule has 150 valence electrons. The lowest BCUT2D eigenvalue weighted by molar-refractivity contribution is -0.163. The van der Waals surface area contributed by atoms with Gasteiger partial charge in [-0.15, -0.1) is 0 Å². The van der Waals surface area contributed by atoms with Gasteiger partial charge in [0.2, 0.25) is 0 Å². The van der Waals surface area contributed by atoms with Gasteiger partial charge in [0.05, 0.1) is 18.2 Å². The van der Waals surface area contributed by atoms with E-state index >= 15 is 0 Å². The summed E-state index contributed by atoms with van der Waals surface area (Å²) in [4.78, 5) is 28.6. The summed E-state index contributed by atoms with van der Waals surface area (Å²) < 4.78 is 11.1. The number of ether oxygens (including phenoxy) is 2. The number of carbonyl (C=O) groups is 2. The standard InChI is InChI=1S/C21H27N3O4/c1-21(2,3)28-19(25)18-6-4-5-11-23(18)13-17-14-24(20(26)27-17)16-9-7-15(12-22)8-10-16/h7-10,17-18H,4-6,11,13-14H2,1-3H3. The number of carbonyl (C=O) groups excluding carboxylic acids is 2. The van der Waals surface area contributed by atoms with Gasteiger partial charge in [0.25, 0.3) is 0 Å². The average molecular weight is 385 g/mol. The fourth-order valence-corrected chi connectivity index (χ4v) is 3.65. The van der Waals surface area contributed by atoms with Gasteiger partial charge in [-0.05, 0) is 64.4 Å². The second kappa shape index (κ2) is 8.19. The van der Waals surface area contributed by atoms with Crippen LogP contribution in [0, 0.1) is 11.3 Å². The monoisotopic (exact) mass is 385 g/mol.